The van der Waals surface area contributed by atoms with Gasteiger partial charge in [0.1, 0.15) is 0 Å². The molecule has 2 aliphatic rings. The van der Waals surface area contributed by atoms with Crippen molar-refractivity contribution in [1.29, 1.82) is 0 Å². The lowest BCUT2D eigenvalue weighted by molar-refractivity contribution is 0.122. The molecule has 2 unspecified atom stereocenters. The third kappa shape index (κ3) is 2.29. The standard InChI is InChI=1S/C12H24N2/c1-14(9-10-5-4-6-10)12-8-3-2-7-11(12)13/h10-12H,2-9,13H2,1H3. The second-order valence-corrected chi connectivity index (χ2v) is 5.25. The Morgan fingerprint density at radius 2 is 1.79 bits per heavy atom. The zero-order valence-corrected chi connectivity index (χ0v) is 9.41. The van der Waals surface area contributed by atoms with Gasteiger partial charge >= 0.3 is 0 Å². The second kappa shape index (κ2) is 4.63. The van der Waals surface area contributed by atoms with Crippen LogP contribution in [-0.4, -0.2) is 30.6 Å². The third-order valence-electron chi connectivity index (χ3n) is 4.12. The first kappa shape index (κ1) is 10.4. The van der Waals surface area contributed by atoms with Crippen LogP contribution in [0.4, 0.5) is 0 Å². The highest BCUT2D eigenvalue weighted by Gasteiger charge is 2.28. The van der Waals surface area contributed by atoms with E-state index in [1.807, 2.05) is 0 Å². The fourth-order valence-corrected chi connectivity index (χ4v) is 2.91. The topological polar surface area (TPSA) is 29.3 Å². The van der Waals surface area contributed by atoms with Crippen molar-refractivity contribution in [2.45, 2.75) is 57.0 Å². The van der Waals surface area contributed by atoms with E-state index in [1.165, 1.54) is 51.5 Å². The lowest BCUT2D eigenvalue weighted by Gasteiger charge is -2.39. The number of likely N-dealkylation sites (N-methyl/N-ethyl adjacent to an activating group) is 1. The van der Waals surface area contributed by atoms with Gasteiger partial charge in [-0.1, -0.05) is 19.3 Å². The summed E-state index contributed by atoms with van der Waals surface area (Å²) in [7, 11) is 2.27. The van der Waals surface area contributed by atoms with Crippen LogP contribution in [0.1, 0.15) is 44.9 Å². The molecule has 0 aromatic heterocycles. The third-order valence-corrected chi connectivity index (χ3v) is 4.12. The van der Waals surface area contributed by atoms with Gasteiger partial charge in [0.15, 0.2) is 0 Å². The number of nitrogens with zero attached hydrogens (tertiary/aromatic N) is 1. The Kier molecular flexibility index (Phi) is 3.45. The van der Waals surface area contributed by atoms with Crippen LogP contribution in [-0.2, 0) is 0 Å². The molecule has 2 aliphatic carbocycles. The lowest BCUT2D eigenvalue weighted by atomic mass is 9.83. The Morgan fingerprint density at radius 3 is 2.36 bits per heavy atom. The molecule has 2 saturated carbocycles. The molecule has 2 heteroatoms. The van der Waals surface area contributed by atoms with E-state index in [2.05, 4.69) is 11.9 Å². The second-order valence-electron chi connectivity index (χ2n) is 5.25. The summed E-state index contributed by atoms with van der Waals surface area (Å²) in [5.41, 5.74) is 6.17. The van der Waals surface area contributed by atoms with Gasteiger partial charge in [0.25, 0.3) is 0 Å². The van der Waals surface area contributed by atoms with E-state index in [4.69, 9.17) is 5.73 Å². The van der Waals surface area contributed by atoms with Crippen molar-refractivity contribution in [3.8, 4) is 0 Å². The van der Waals surface area contributed by atoms with Gasteiger partial charge in [0, 0.05) is 18.6 Å². The van der Waals surface area contributed by atoms with Crippen molar-refractivity contribution in [2.75, 3.05) is 13.6 Å². The van der Waals surface area contributed by atoms with E-state index in [1.54, 1.807) is 0 Å². The Hall–Kier alpha value is -0.0800. The predicted octanol–water partition coefficient (Wildman–Crippen LogP) is 1.99. The first-order chi connectivity index (χ1) is 6.77. The molecule has 0 aromatic carbocycles. The van der Waals surface area contributed by atoms with Gasteiger partial charge in [-0.25, -0.2) is 0 Å². The fraction of sp³-hybridized carbons (Fsp3) is 1.00. The van der Waals surface area contributed by atoms with Gasteiger partial charge in [-0.2, -0.15) is 0 Å². The molecule has 14 heavy (non-hydrogen) atoms. The zero-order chi connectivity index (χ0) is 9.97. The number of rotatable bonds is 3. The average Bonchev–Trinajstić information content (AvgIpc) is 2.12. The molecule has 0 heterocycles. The van der Waals surface area contributed by atoms with E-state index in [0.717, 1.165) is 5.92 Å². The summed E-state index contributed by atoms with van der Waals surface area (Å²) in [6.45, 7) is 1.29. The SMILES string of the molecule is CN(CC1CCC1)C1CCCCC1N. The molecule has 2 fully saturated rings. The molecule has 2 rings (SSSR count). The van der Waals surface area contributed by atoms with E-state index < -0.39 is 0 Å². The van der Waals surface area contributed by atoms with Crippen molar-refractivity contribution in [1.82, 2.24) is 4.90 Å². The number of nitrogens with two attached hydrogens (primary N) is 1. The summed E-state index contributed by atoms with van der Waals surface area (Å²) in [5, 5.41) is 0. The highest BCUT2D eigenvalue weighted by Crippen LogP contribution is 2.29. The van der Waals surface area contributed by atoms with Gasteiger partial charge in [0.05, 0.1) is 0 Å². The molecule has 0 radical (unpaired) electrons. The smallest absolute Gasteiger partial charge is 0.0244 e. The summed E-state index contributed by atoms with van der Waals surface area (Å²) in [5.74, 6) is 0.981. The van der Waals surface area contributed by atoms with Crippen molar-refractivity contribution in [3.05, 3.63) is 0 Å². The molecule has 2 nitrogen and oxygen atoms in total. The predicted molar refractivity (Wildman–Crippen MR) is 60.2 cm³/mol. The number of hydrogen-bond acceptors (Lipinski definition) is 2. The molecular weight excluding hydrogens is 172 g/mol. The molecule has 0 amide bonds. The molecule has 0 spiro atoms. The highest BCUT2D eigenvalue weighted by atomic mass is 15.1. The molecule has 0 aromatic rings. The van der Waals surface area contributed by atoms with Gasteiger partial charge in [-0.3, -0.25) is 0 Å². The average molecular weight is 196 g/mol. The maximum Gasteiger partial charge on any atom is 0.0244 e. The van der Waals surface area contributed by atoms with Crippen LogP contribution < -0.4 is 5.73 Å². The van der Waals surface area contributed by atoms with E-state index in [-0.39, 0.29) is 0 Å². The van der Waals surface area contributed by atoms with Crippen LogP contribution in [0.3, 0.4) is 0 Å². The molecule has 0 aliphatic heterocycles. The molecule has 0 saturated heterocycles. The maximum absolute atomic E-state index is 6.17. The minimum Gasteiger partial charge on any atom is -0.326 e. The summed E-state index contributed by atoms with van der Waals surface area (Å²) in [4.78, 5) is 2.54. The van der Waals surface area contributed by atoms with Gasteiger partial charge in [-0.05, 0) is 38.6 Å². The molecular formula is C12H24N2. The van der Waals surface area contributed by atoms with Gasteiger partial charge in [-0.15, -0.1) is 0 Å². The Balaban J connectivity index is 1.79. The number of hydrogen-bond donors (Lipinski definition) is 1. The van der Waals surface area contributed by atoms with Crippen LogP contribution in [0, 0.1) is 5.92 Å². The van der Waals surface area contributed by atoms with Gasteiger partial charge < -0.3 is 10.6 Å². The van der Waals surface area contributed by atoms with E-state index in [9.17, 15) is 0 Å². The van der Waals surface area contributed by atoms with E-state index >= 15 is 0 Å². The molecule has 0 bridgehead atoms. The minimum absolute atomic E-state index is 0.439. The zero-order valence-electron chi connectivity index (χ0n) is 9.41. The summed E-state index contributed by atoms with van der Waals surface area (Å²) < 4.78 is 0. The largest absolute Gasteiger partial charge is 0.326 e. The van der Waals surface area contributed by atoms with E-state index in [0.29, 0.717) is 12.1 Å². The van der Waals surface area contributed by atoms with Crippen LogP contribution in [0.5, 0.6) is 0 Å². The molecule has 82 valence electrons. The molecule has 2 atom stereocenters. The summed E-state index contributed by atoms with van der Waals surface area (Å²) in [6, 6.07) is 1.11. The van der Waals surface area contributed by atoms with Crippen LogP contribution in [0.15, 0.2) is 0 Å². The highest BCUT2D eigenvalue weighted by molar-refractivity contribution is 4.86. The minimum atomic E-state index is 0.439. The van der Waals surface area contributed by atoms with Crippen LogP contribution in [0.25, 0.3) is 0 Å². The Morgan fingerprint density at radius 1 is 1.07 bits per heavy atom. The maximum atomic E-state index is 6.17. The van der Waals surface area contributed by atoms with Crippen molar-refractivity contribution < 1.29 is 0 Å². The quantitative estimate of drug-likeness (QED) is 0.748. The Labute approximate surface area is 87.8 Å². The first-order valence-corrected chi connectivity index (χ1v) is 6.23. The monoisotopic (exact) mass is 196 g/mol. The fourth-order valence-electron chi connectivity index (χ4n) is 2.91. The van der Waals surface area contributed by atoms with Gasteiger partial charge in [0.2, 0.25) is 0 Å². The summed E-state index contributed by atoms with van der Waals surface area (Å²) >= 11 is 0. The van der Waals surface area contributed by atoms with Crippen molar-refractivity contribution in [3.63, 3.8) is 0 Å². The lowest BCUT2D eigenvalue weighted by Crippen LogP contribution is -2.49. The normalized spacial score (nSPS) is 34.5. The van der Waals surface area contributed by atoms with Crippen LogP contribution >= 0.6 is 0 Å². The first-order valence-electron chi connectivity index (χ1n) is 6.23. The van der Waals surface area contributed by atoms with Crippen molar-refractivity contribution >= 4 is 0 Å². The Bertz CT molecular complexity index is 177. The van der Waals surface area contributed by atoms with Crippen LogP contribution in [0.2, 0.25) is 0 Å². The van der Waals surface area contributed by atoms with Crippen molar-refractivity contribution in [2.24, 2.45) is 11.7 Å². The summed E-state index contributed by atoms with van der Waals surface area (Å²) in [6.07, 6.45) is 9.64. The molecule has 2 N–H and O–H groups in total.